The zero-order valence-corrected chi connectivity index (χ0v) is 17.6. The molecule has 0 spiro atoms. The van der Waals surface area contributed by atoms with Crippen LogP contribution >= 0.6 is 15.9 Å². The number of nitrogens with one attached hydrogen (secondary N) is 1. The molecule has 0 aliphatic heterocycles. The van der Waals surface area contributed by atoms with Gasteiger partial charge in [-0.1, -0.05) is 28.1 Å². The second-order valence-electron chi connectivity index (χ2n) is 7.41. The van der Waals surface area contributed by atoms with Crippen LogP contribution in [-0.2, 0) is 16.1 Å². The van der Waals surface area contributed by atoms with E-state index in [-0.39, 0.29) is 6.42 Å². The Morgan fingerprint density at radius 2 is 2.04 bits per heavy atom. The Kier molecular flexibility index (Phi) is 7.49. The van der Waals surface area contributed by atoms with Crippen LogP contribution in [0.25, 0.3) is 0 Å². The molecule has 1 aromatic carbocycles. The quantitative estimate of drug-likeness (QED) is 0.403. The molecule has 0 amide bonds. The van der Waals surface area contributed by atoms with E-state index in [0.29, 0.717) is 42.4 Å². The predicted molar refractivity (Wildman–Crippen MR) is 109 cm³/mol. The first kappa shape index (κ1) is 20.6. The number of aliphatic carboxylic acids is 1. The lowest BCUT2D eigenvalue weighted by atomic mass is 9.79. The number of unbranched alkanes of at least 4 members (excludes halogenated alkanes) is 1. The van der Waals surface area contributed by atoms with Crippen molar-refractivity contribution in [3.8, 4) is 5.75 Å². The Bertz CT molecular complexity index is 694. The van der Waals surface area contributed by atoms with Gasteiger partial charge in [-0.05, 0) is 80.0 Å². The second kappa shape index (κ2) is 9.85. The molecule has 27 heavy (non-hydrogen) atoms. The van der Waals surface area contributed by atoms with E-state index in [1.165, 1.54) is 19.3 Å². The number of carboxylic acids is 1. The van der Waals surface area contributed by atoms with Crippen LogP contribution in [0.1, 0.15) is 38.5 Å². The summed E-state index contributed by atoms with van der Waals surface area (Å²) in [7, 11) is 0. The first-order valence-corrected chi connectivity index (χ1v) is 11.4. The minimum absolute atomic E-state index is 0.221. The van der Waals surface area contributed by atoms with Crippen molar-refractivity contribution in [2.75, 3.05) is 6.54 Å². The fourth-order valence-corrected chi connectivity index (χ4v) is 5.39. The Balaban J connectivity index is 1.48. The van der Waals surface area contributed by atoms with Crippen molar-refractivity contribution in [3.63, 3.8) is 0 Å². The van der Waals surface area contributed by atoms with E-state index in [1.54, 1.807) is 12.1 Å². The largest absolute Gasteiger partial charge is 0.481 e. The van der Waals surface area contributed by atoms with Crippen molar-refractivity contribution in [1.29, 1.82) is 0 Å². The molecule has 0 aromatic heterocycles. The average Bonchev–Trinajstić information content (AvgIpc) is 3.23. The summed E-state index contributed by atoms with van der Waals surface area (Å²) in [5, 5.41) is 8.72. The van der Waals surface area contributed by atoms with E-state index in [1.807, 2.05) is 12.1 Å². The molecule has 2 fully saturated rings. The Morgan fingerprint density at radius 3 is 2.78 bits per heavy atom. The van der Waals surface area contributed by atoms with Crippen molar-refractivity contribution in [2.45, 2.75) is 38.5 Å². The van der Waals surface area contributed by atoms with E-state index < -0.39 is 17.2 Å². The normalized spacial score (nSPS) is 27.9. The summed E-state index contributed by atoms with van der Waals surface area (Å²) in [5.41, 5.74) is 0. The lowest BCUT2D eigenvalue weighted by molar-refractivity contribution is -0.137. The van der Waals surface area contributed by atoms with Gasteiger partial charge in [0.15, 0.2) is 0 Å². The Hall–Kier alpha value is -1.18. The maximum atomic E-state index is 12.2. The predicted octanol–water partition coefficient (Wildman–Crippen LogP) is 4.47. The van der Waals surface area contributed by atoms with E-state index in [4.69, 9.17) is 9.29 Å². The van der Waals surface area contributed by atoms with Gasteiger partial charge in [-0.25, -0.2) is 4.72 Å². The summed E-state index contributed by atoms with van der Waals surface area (Å²) in [4.78, 5) is 10.6. The summed E-state index contributed by atoms with van der Waals surface area (Å²) in [6, 6.07) is 7.27. The zero-order chi connectivity index (χ0) is 19.2. The molecular formula is C20H26BrNO4S. The molecule has 5 nitrogen and oxygen atoms in total. The van der Waals surface area contributed by atoms with Gasteiger partial charge in [0, 0.05) is 17.4 Å². The van der Waals surface area contributed by atoms with Crippen molar-refractivity contribution in [1.82, 2.24) is 4.72 Å². The number of hydrogen-bond donors (Lipinski definition) is 2. The van der Waals surface area contributed by atoms with Gasteiger partial charge in [0.05, 0.1) is 0 Å². The van der Waals surface area contributed by atoms with Crippen LogP contribution in [-0.4, -0.2) is 21.8 Å². The molecule has 3 rings (SSSR count). The topological polar surface area (TPSA) is 75.6 Å². The van der Waals surface area contributed by atoms with Crippen molar-refractivity contribution in [3.05, 3.63) is 40.9 Å². The molecule has 148 valence electrons. The van der Waals surface area contributed by atoms with E-state index in [0.717, 1.165) is 10.9 Å². The first-order chi connectivity index (χ1) is 13.0. The van der Waals surface area contributed by atoms with E-state index in [2.05, 4.69) is 32.8 Å². The summed E-state index contributed by atoms with van der Waals surface area (Å²) in [6.07, 6.45) is 9.88. The molecule has 0 radical (unpaired) electrons. The standard InChI is InChI=1S/C20H26BrNO4S/c21-16-8-10-17(11-9-16)26-27(25)22-13-19-15-7-6-14(12-15)18(19)4-2-1-3-5-20(23)24/h2,4,8-11,14-15,18-19,22H,1,3,5-7,12-13H2,(H,23,24)/t14-,15+,18+,19?,27?/m0/s1. The Morgan fingerprint density at radius 1 is 1.30 bits per heavy atom. The van der Waals surface area contributed by atoms with Crippen molar-refractivity contribution in [2.24, 2.45) is 23.7 Å². The van der Waals surface area contributed by atoms with Crippen LogP contribution < -0.4 is 8.91 Å². The summed E-state index contributed by atoms with van der Waals surface area (Å²) < 4.78 is 21.7. The summed E-state index contributed by atoms with van der Waals surface area (Å²) in [5.74, 6) is 2.19. The van der Waals surface area contributed by atoms with Crippen LogP contribution in [0.2, 0.25) is 0 Å². The van der Waals surface area contributed by atoms with E-state index >= 15 is 0 Å². The lowest BCUT2D eigenvalue weighted by Crippen LogP contribution is -2.34. The molecule has 7 heteroatoms. The van der Waals surface area contributed by atoms with Gasteiger partial charge in [-0.3, -0.25) is 4.79 Å². The van der Waals surface area contributed by atoms with Gasteiger partial charge in [-0.15, -0.1) is 0 Å². The second-order valence-corrected chi connectivity index (χ2v) is 9.25. The number of carbonyl (C=O) groups is 1. The van der Waals surface area contributed by atoms with Gasteiger partial charge in [0.25, 0.3) is 11.3 Å². The third kappa shape index (κ3) is 5.90. The van der Waals surface area contributed by atoms with Gasteiger partial charge in [0.1, 0.15) is 5.75 Å². The minimum atomic E-state index is -1.56. The fourth-order valence-electron chi connectivity index (χ4n) is 4.45. The molecule has 2 unspecified atom stereocenters. The van der Waals surface area contributed by atoms with Crippen molar-refractivity contribution < 1.29 is 18.3 Å². The summed E-state index contributed by atoms with van der Waals surface area (Å²) >= 11 is 1.81. The van der Waals surface area contributed by atoms with Gasteiger partial charge in [0.2, 0.25) is 0 Å². The van der Waals surface area contributed by atoms with Crippen LogP contribution in [0, 0.1) is 23.7 Å². The highest BCUT2D eigenvalue weighted by molar-refractivity contribution is 9.10. The average molecular weight is 456 g/mol. The van der Waals surface area contributed by atoms with Gasteiger partial charge < -0.3 is 9.29 Å². The van der Waals surface area contributed by atoms with Crippen molar-refractivity contribution >= 4 is 33.2 Å². The molecule has 5 atom stereocenters. The first-order valence-electron chi connectivity index (χ1n) is 9.50. The number of rotatable bonds is 10. The number of hydrogen-bond acceptors (Lipinski definition) is 3. The molecule has 2 aliphatic carbocycles. The molecular weight excluding hydrogens is 430 g/mol. The highest BCUT2D eigenvalue weighted by Crippen LogP contribution is 2.52. The smallest absolute Gasteiger partial charge is 0.303 e. The number of halogens is 1. The third-order valence-electron chi connectivity index (χ3n) is 5.70. The maximum absolute atomic E-state index is 12.2. The van der Waals surface area contributed by atoms with Crippen LogP contribution in [0.4, 0.5) is 0 Å². The van der Waals surface area contributed by atoms with E-state index in [9.17, 15) is 9.00 Å². The van der Waals surface area contributed by atoms with Crippen LogP contribution in [0.5, 0.6) is 5.75 Å². The number of benzene rings is 1. The summed E-state index contributed by atoms with van der Waals surface area (Å²) in [6.45, 7) is 0.675. The van der Waals surface area contributed by atoms with Crippen LogP contribution in [0.15, 0.2) is 40.9 Å². The number of allylic oxidation sites excluding steroid dienone is 2. The molecule has 2 bridgehead atoms. The zero-order valence-electron chi connectivity index (χ0n) is 15.2. The lowest BCUT2D eigenvalue weighted by Gasteiger charge is -2.29. The molecule has 2 saturated carbocycles. The molecule has 1 aromatic rings. The minimum Gasteiger partial charge on any atom is -0.481 e. The molecule has 2 N–H and O–H groups in total. The molecule has 2 aliphatic rings. The fraction of sp³-hybridized carbons (Fsp3) is 0.550. The van der Waals surface area contributed by atoms with Crippen LogP contribution in [0.3, 0.4) is 0 Å². The molecule has 0 heterocycles. The highest BCUT2D eigenvalue weighted by atomic mass is 79.9. The van der Waals surface area contributed by atoms with Gasteiger partial charge >= 0.3 is 5.97 Å². The third-order valence-corrected chi connectivity index (χ3v) is 6.97. The maximum Gasteiger partial charge on any atom is 0.303 e. The number of carboxylic acid groups (broad SMARTS) is 1. The van der Waals surface area contributed by atoms with Gasteiger partial charge in [-0.2, -0.15) is 4.21 Å². The Labute approximate surface area is 171 Å². The SMILES string of the molecule is O=C(O)CCCC=C[C@H]1C(CNS(=O)Oc2ccc(Br)cc2)[C@@H]2CC[C@H]1C2. The molecule has 0 saturated heterocycles. The monoisotopic (exact) mass is 455 g/mol. The number of fused-ring (bicyclic) bond motifs is 2. The highest BCUT2D eigenvalue weighted by Gasteiger charge is 2.46.